The summed E-state index contributed by atoms with van der Waals surface area (Å²) in [6, 6.07) is 11.3. The van der Waals surface area contributed by atoms with Crippen LogP contribution in [0.3, 0.4) is 0 Å². The van der Waals surface area contributed by atoms with Crippen LogP contribution in [0, 0.1) is 5.82 Å². The minimum atomic E-state index is -0.986. The van der Waals surface area contributed by atoms with Gasteiger partial charge in [0.2, 0.25) is 5.91 Å². The third kappa shape index (κ3) is 12.3. The van der Waals surface area contributed by atoms with Crippen LogP contribution >= 0.6 is 0 Å². The fraction of sp³-hybridized carbons (Fsp3) is 0.537. The number of benzene rings is 2. The summed E-state index contributed by atoms with van der Waals surface area (Å²) in [6.07, 6.45) is 15.5. The number of ether oxygens (including phenoxy) is 1. The van der Waals surface area contributed by atoms with Gasteiger partial charge in [-0.15, -0.1) is 0 Å². The number of nitrogens with zero attached hydrogens (tertiary/aromatic N) is 8. The number of aryl methyl sites for hydroxylation is 1. The summed E-state index contributed by atoms with van der Waals surface area (Å²) in [6.45, 7) is 16.7. The number of carbonyl (C=O) groups is 4. The molecule has 382 valence electrons. The summed E-state index contributed by atoms with van der Waals surface area (Å²) < 4.78 is 21.9. The molecule has 4 fully saturated rings. The number of nitrogens with one attached hydrogen (secondary N) is 2. The molecule has 3 aromatic rings. The van der Waals surface area contributed by atoms with Crippen molar-refractivity contribution < 1.29 is 33.4 Å². The lowest BCUT2D eigenvalue weighted by Gasteiger charge is -2.39. The first-order valence-corrected chi connectivity index (χ1v) is 25.7. The zero-order valence-electron chi connectivity index (χ0n) is 42.4. The number of allylic oxidation sites excluding steroid dienone is 1. The van der Waals surface area contributed by atoms with Crippen molar-refractivity contribution in [3.05, 3.63) is 88.5 Å². The number of aromatic nitrogens is 3. The second-order valence-corrected chi connectivity index (χ2v) is 18.8. The molecule has 2 aromatic carbocycles. The van der Waals surface area contributed by atoms with Gasteiger partial charge in [0.1, 0.15) is 23.8 Å². The van der Waals surface area contributed by atoms with E-state index in [1.54, 1.807) is 30.3 Å². The van der Waals surface area contributed by atoms with Crippen LogP contribution in [0.15, 0.2) is 54.9 Å². The van der Waals surface area contributed by atoms with Crippen LogP contribution in [0.25, 0.3) is 17.3 Å². The number of anilines is 1. The number of imide groups is 1. The standard InChI is InChI=1S/C26H32FN5O2.C26H35N5O4.C2H6/c1-4-18-15-32(16-19(5-2)30-18)25-23(27)24(28-11-8-12-29-26(31-25)34-3)22-14-20(33)13-17-9-6-7-10-21(17)22;1-27-24(33)23(5-3-13-32)31-25(34)21-7-6-18(14-22(21)26(31)35)16-28-9-11-29(12-10-28)20-15-19-4-2-8-30(19)17-20;1-2/h7-8,10-14,18-19,30,33H,4-6,9,15-16H2,1-3H3;6-7,13-14,19-20,23H,2-5,8-12,15-17H2,1H3,(H,27,33);1-2H3. The van der Waals surface area contributed by atoms with E-state index < -0.39 is 29.6 Å². The van der Waals surface area contributed by atoms with Crippen molar-refractivity contribution in [2.24, 2.45) is 0 Å². The average molecular weight is 977 g/mol. The number of aromatic hydroxyl groups is 1. The zero-order chi connectivity index (χ0) is 50.6. The highest BCUT2D eigenvalue weighted by atomic mass is 19.1. The van der Waals surface area contributed by atoms with Gasteiger partial charge in [0.15, 0.2) is 11.6 Å². The number of halogens is 1. The molecule has 5 unspecified atom stereocenters. The smallest absolute Gasteiger partial charge is 0.318 e. The molecular formula is C54H73FN10O6. The van der Waals surface area contributed by atoms with Gasteiger partial charge < -0.3 is 30.2 Å². The van der Waals surface area contributed by atoms with Gasteiger partial charge in [-0.1, -0.05) is 45.9 Å². The van der Waals surface area contributed by atoms with E-state index in [-0.39, 0.29) is 48.2 Å². The maximum absolute atomic E-state index is 16.5. The van der Waals surface area contributed by atoms with E-state index in [0.29, 0.717) is 42.1 Å². The van der Waals surface area contributed by atoms with E-state index in [1.165, 1.54) is 58.9 Å². The summed E-state index contributed by atoms with van der Waals surface area (Å²) in [5, 5.41) is 16.5. The number of rotatable bonds is 13. The Hall–Kier alpha value is -5.88. The molecule has 9 rings (SSSR count). The number of phenolic OH excluding ortho intramolecular Hbond substituents is 1. The number of amides is 3. The molecule has 0 bridgehead atoms. The number of aldehydes is 1. The topological polar surface area (TPSA) is 177 Å². The lowest BCUT2D eigenvalue weighted by molar-refractivity contribution is -0.124. The quantitative estimate of drug-likeness (QED) is 0.130. The molecule has 3 amide bonds. The van der Waals surface area contributed by atoms with E-state index in [1.807, 2.05) is 30.9 Å². The van der Waals surface area contributed by atoms with Crippen LogP contribution in [-0.4, -0.2) is 160 Å². The Labute approximate surface area is 418 Å². The molecule has 0 spiro atoms. The van der Waals surface area contributed by atoms with Gasteiger partial charge in [-0.25, -0.2) is 9.37 Å². The highest BCUT2D eigenvalue weighted by Gasteiger charge is 2.43. The fourth-order valence-corrected chi connectivity index (χ4v) is 10.9. The third-order valence-electron chi connectivity index (χ3n) is 14.6. The highest BCUT2D eigenvalue weighted by Crippen LogP contribution is 2.37. The molecule has 1 aromatic heterocycles. The van der Waals surface area contributed by atoms with E-state index in [2.05, 4.69) is 60.2 Å². The number of phenols is 1. The minimum absolute atomic E-state index is 0.0634. The Morgan fingerprint density at radius 1 is 0.944 bits per heavy atom. The largest absolute Gasteiger partial charge is 0.508 e. The van der Waals surface area contributed by atoms with Gasteiger partial charge in [-0.3, -0.25) is 39.0 Å². The van der Waals surface area contributed by atoms with Gasteiger partial charge in [0, 0.05) is 108 Å². The highest BCUT2D eigenvalue weighted by molar-refractivity contribution is 6.23. The molecule has 17 heteroatoms. The van der Waals surface area contributed by atoms with Gasteiger partial charge in [0.05, 0.1) is 18.2 Å². The van der Waals surface area contributed by atoms with E-state index in [9.17, 15) is 24.3 Å². The van der Waals surface area contributed by atoms with E-state index in [0.717, 1.165) is 86.0 Å². The Morgan fingerprint density at radius 2 is 1.68 bits per heavy atom. The Kier molecular flexibility index (Phi) is 18.6. The van der Waals surface area contributed by atoms with Gasteiger partial charge in [-0.05, 0) is 105 Å². The number of piperazine rings is 2. The maximum atomic E-state index is 16.5. The van der Waals surface area contributed by atoms with Crippen LogP contribution in [0.5, 0.6) is 11.8 Å². The molecule has 6 heterocycles. The first kappa shape index (κ1) is 52.9. The van der Waals surface area contributed by atoms with Gasteiger partial charge in [0.25, 0.3) is 11.8 Å². The number of hydrogen-bond donors (Lipinski definition) is 3. The molecule has 5 aliphatic heterocycles. The van der Waals surface area contributed by atoms with Crippen molar-refractivity contribution in [1.29, 1.82) is 0 Å². The summed E-state index contributed by atoms with van der Waals surface area (Å²) >= 11 is 0. The monoisotopic (exact) mass is 977 g/mol. The second kappa shape index (κ2) is 25.0. The second-order valence-electron chi connectivity index (χ2n) is 18.8. The first-order valence-electron chi connectivity index (χ1n) is 25.7. The molecule has 71 heavy (non-hydrogen) atoms. The average Bonchev–Trinajstić information content (AvgIpc) is 4.09. The van der Waals surface area contributed by atoms with E-state index in [4.69, 9.17) is 4.74 Å². The predicted octanol–water partition coefficient (Wildman–Crippen LogP) is 6.20. The Bertz CT molecular complexity index is 2440. The molecule has 5 atom stereocenters. The summed E-state index contributed by atoms with van der Waals surface area (Å²) in [5.74, 6) is -1.72. The van der Waals surface area contributed by atoms with Crippen LogP contribution in [0.4, 0.5) is 10.2 Å². The van der Waals surface area contributed by atoms with Crippen molar-refractivity contribution in [1.82, 2.24) is 45.2 Å². The van der Waals surface area contributed by atoms with Crippen molar-refractivity contribution in [3.8, 4) is 23.0 Å². The molecular weight excluding hydrogens is 904 g/mol. The SMILES string of the molecule is CC.CCC1CN(c2nc(OC)ncccnc(-c3cc(O)cc4c3C=CCC4)c2F)CC(CC)N1.CNC(=O)C(CCC=O)N1C(=O)c2ccc(CN3CCN(C4CC5CCCN5C4)CC3)cc2C1=O. The fourth-order valence-electron chi connectivity index (χ4n) is 10.9. The first-order chi connectivity index (χ1) is 34.5. The van der Waals surface area contributed by atoms with Crippen molar-refractivity contribution in [3.63, 3.8) is 0 Å². The maximum Gasteiger partial charge on any atom is 0.318 e. The summed E-state index contributed by atoms with van der Waals surface area (Å²) in [4.78, 5) is 73.2. The molecule has 1 aliphatic carbocycles. The van der Waals surface area contributed by atoms with E-state index >= 15 is 4.39 Å². The van der Waals surface area contributed by atoms with Crippen LogP contribution < -0.4 is 20.3 Å². The van der Waals surface area contributed by atoms with Crippen molar-refractivity contribution >= 4 is 35.9 Å². The minimum Gasteiger partial charge on any atom is -0.508 e. The molecule has 3 N–H and O–H groups in total. The van der Waals surface area contributed by atoms with Crippen molar-refractivity contribution in [2.75, 3.05) is 71.4 Å². The molecule has 6 aliphatic rings. The lowest BCUT2D eigenvalue weighted by atomic mass is 9.91. The number of fused-ring (bicyclic) bond motifs is 3. The number of methoxy groups -OCH3 is 1. The van der Waals surface area contributed by atoms with Crippen LogP contribution in [-0.2, 0) is 22.6 Å². The summed E-state index contributed by atoms with van der Waals surface area (Å²) in [7, 11) is 2.93. The van der Waals surface area contributed by atoms with Gasteiger partial charge >= 0.3 is 6.01 Å². The van der Waals surface area contributed by atoms with Crippen molar-refractivity contribution in [2.45, 2.75) is 122 Å². The summed E-state index contributed by atoms with van der Waals surface area (Å²) in [5.41, 5.74) is 4.16. The Morgan fingerprint density at radius 3 is 2.37 bits per heavy atom. The molecule has 0 radical (unpaired) electrons. The predicted molar refractivity (Wildman–Crippen MR) is 273 cm³/mol. The Balaban J connectivity index is 0.000000202. The number of carbonyl (C=O) groups excluding carboxylic acids is 4. The number of likely N-dealkylation sites (N-methyl/N-ethyl adjacent to an activating group) is 1. The molecule has 16 nitrogen and oxygen atoms in total. The van der Waals surface area contributed by atoms with Crippen LogP contribution in [0.1, 0.15) is 116 Å². The zero-order valence-corrected chi connectivity index (χ0v) is 42.4. The number of hydrogen-bond acceptors (Lipinski definition) is 14. The van der Waals surface area contributed by atoms with Crippen LogP contribution in [0.2, 0.25) is 0 Å². The third-order valence-corrected chi connectivity index (χ3v) is 14.6. The lowest BCUT2D eigenvalue weighted by Crippen LogP contribution is -2.56. The van der Waals surface area contributed by atoms with Gasteiger partial charge in [-0.2, -0.15) is 4.98 Å². The normalized spacial score (nSPS) is 22.2. The molecule has 0 saturated carbocycles. The molecule has 4 saturated heterocycles.